The number of hydrogen-bond acceptors (Lipinski definition) is 5. The minimum absolute atomic E-state index is 0.105. The van der Waals surface area contributed by atoms with E-state index in [0.717, 1.165) is 6.29 Å². The van der Waals surface area contributed by atoms with E-state index in [-0.39, 0.29) is 11.6 Å². The maximum Gasteiger partial charge on any atom is 0.433 e. The average molecular weight is 303 g/mol. The number of rotatable bonds is 3. The van der Waals surface area contributed by atoms with Gasteiger partial charge < -0.3 is 9.69 Å². The third-order valence-electron chi connectivity index (χ3n) is 3.42. The second-order valence-electron chi connectivity index (χ2n) is 4.77. The average Bonchev–Trinajstić information content (AvgIpc) is 2.45. The molecule has 1 aliphatic heterocycles. The maximum atomic E-state index is 12.7. The van der Waals surface area contributed by atoms with Crippen LogP contribution in [0.1, 0.15) is 18.5 Å². The van der Waals surface area contributed by atoms with Crippen molar-refractivity contribution in [2.75, 3.05) is 18.0 Å². The highest BCUT2D eigenvalue weighted by Crippen LogP contribution is 2.36. The van der Waals surface area contributed by atoms with Crippen molar-refractivity contribution in [3.63, 3.8) is 0 Å². The molecule has 1 aromatic rings. The summed E-state index contributed by atoms with van der Waals surface area (Å²) in [4.78, 5) is 25.5. The second kappa shape index (κ2) is 5.66. The number of carbonyl (C=O) groups excluding carboxylic acids is 1. The molecule has 0 atom stereocenters. The number of halogens is 3. The predicted molar refractivity (Wildman–Crippen MR) is 66.9 cm³/mol. The maximum absolute atomic E-state index is 12.7. The molecule has 0 aromatic carbocycles. The number of nitro groups is 1. The van der Waals surface area contributed by atoms with Crippen LogP contribution in [0.25, 0.3) is 0 Å². The van der Waals surface area contributed by atoms with Gasteiger partial charge in [-0.25, -0.2) is 4.98 Å². The van der Waals surface area contributed by atoms with E-state index in [2.05, 4.69) is 4.98 Å². The SMILES string of the molecule is O=CC1CCN(c2cc(C(F)(F)F)ncc2[N+](=O)[O-])CC1. The van der Waals surface area contributed by atoms with Gasteiger partial charge in [0.15, 0.2) is 0 Å². The molecule has 0 saturated carbocycles. The third-order valence-corrected chi connectivity index (χ3v) is 3.42. The molecular formula is C12H12F3N3O3. The van der Waals surface area contributed by atoms with Gasteiger partial charge in [-0.2, -0.15) is 13.2 Å². The number of pyridine rings is 1. The van der Waals surface area contributed by atoms with Crippen molar-refractivity contribution in [1.82, 2.24) is 4.98 Å². The van der Waals surface area contributed by atoms with E-state index in [0.29, 0.717) is 38.2 Å². The Labute approximate surface area is 117 Å². The minimum atomic E-state index is -4.66. The lowest BCUT2D eigenvalue weighted by molar-refractivity contribution is -0.384. The van der Waals surface area contributed by atoms with Crippen LogP contribution in [0.3, 0.4) is 0 Å². The zero-order valence-electron chi connectivity index (χ0n) is 10.8. The summed E-state index contributed by atoms with van der Waals surface area (Å²) in [6.07, 6.45) is -2.30. The van der Waals surface area contributed by atoms with Crippen molar-refractivity contribution in [3.8, 4) is 0 Å². The summed E-state index contributed by atoms with van der Waals surface area (Å²) < 4.78 is 38.1. The quantitative estimate of drug-likeness (QED) is 0.487. The van der Waals surface area contributed by atoms with Crippen LogP contribution < -0.4 is 4.90 Å². The van der Waals surface area contributed by atoms with Crippen LogP contribution in [-0.2, 0) is 11.0 Å². The van der Waals surface area contributed by atoms with Gasteiger partial charge in [-0.05, 0) is 18.9 Å². The summed E-state index contributed by atoms with van der Waals surface area (Å²) in [6.45, 7) is 0.594. The first-order valence-electron chi connectivity index (χ1n) is 6.25. The minimum Gasteiger partial charge on any atom is -0.366 e. The summed E-state index contributed by atoms with van der Waals surface area (Å²) in [5.74, 6) is -0.149. The van der Waals surface area contributed by atoms with E-state index in [9.17, 15) is 28.1 Å². The van der Waals surface area contributed by atoms with Crippen LogP contribution in [-0.4, -0.2) is 29.3 Å². The number of piperidine rings is 1. The predicted octanol–water partition coefficient (Wildman–Crippen LogP) is 2.42. The normalized spacial score (nSPS) is 16.8. The molecule has 0 radical (unpaired) electrons. The molecule has 1 saturated heterocycles. The highest BCUT2D eigenvalue weighted by molar-refractivity contribution is 5.64. The molecule has 0 spiro atoms. The number of anilines is 1. The van der Waals surface area contributed by atoms with Crippen molar-refractivity contribution in [2.24, 2.45) is 5.92 Å². The van der Waals surface area contributed by atoms with Gasteiger partial charge in [0.2, 0.25) is 0 Å². The highest BCUT2D eigenvalue weighted by Gasteiger charge is 2.35. The third kappa shape index (κ3) is 3.29. The van der Waals surface area contributed by atoms with E-state index in [1.807, 2.05) is 0 Å². The number of nitrogens with zero attached hydrogens (tertiary/aromatic N) is 3. The number of alkyl halides is 3. The molecular weight excluding hydrogens is 291 g/mol. The lowest BCUT2D eigenvalue weighted by Gasteiger charge is -2.31. The molecule has 6 nitrogen and oxygen atoms in total. The smallest absolute Gasteiger partial charge is 0.366 e. The van der Waals surface area contributed by atoms with Crippen LogP contribution in [0.5, 0.6) is 0 Å². The standard InChI is InChI=1S/C12H12F3N3O3/c13-12(14,15)11-5-9(10(6-16-11)18(20)21)17-3-1-8(7-19)2-4-17/h5-8H,1-4H2. The van der Waals surface area contributed by atoms with Crippen LogP contribution in [0.15, 0.2) is 12.3 Å². The Bertz CT molecular complexity index is 554. The molecule has 9 heteroatoms. The fourth-order valence-electron chi connectivity index (χ4n) is 2.26. The molecule has 0 N–H and O–H groups in total. The first kappa shape index (κ1) is 15.2. The van der Waals surface area contributed by atoms with E-state index in [1.165, 1.54) is 4.90 Å². The molecule has 2 rings (SSSR count). The van der Waals surface area contributed by atoms with Crippen molar-refractivity contribution in [3.05, 3.63) is 28.1 Å². The first-order chi connectivity index (χ1) is 9.82. The topological polar surface area (TPSA) is 76.3 Å². The number of aldehydes is 1. The van der Waals surface area contributed by atoms with Crippen LogP contribution in [0.2, 0.25) is 0 Å². The van der Waals surface area contributed by atoms with Crippen LogP contribution >= 0.6 is 0 Å². The van der Waals surface area contributed by atoms with E-state index < -0.39 is 22.5 Å². The van der Waals surface area contributed by atoms with Gasteiger partial charge in [-0.15, -0.1) is 0 Å². The van der Waals surface area contributed by atoms with E-state index in [4.69, 9.17) is 0 Å². The van der Waals surface area contributed by atoms with Crippen molar-refractivity contribution in [1.29, 1.82) is 0 Å². The molecule has 0 bridgehead atoms. The summed E-state index contributed by atoms with van der Waals surface area (Å²) in [7, 11) is 0. The molecule has 2 heterocycles. The summed E-state index contributed by atoms with van der Waals surface area (Å²) >= 11 is 0. The van der Waals surface area contributed by atoms with Gasteiger partial charge in [-0.1, -0.05) is 0 Å². The lowest BCUT2D eigenvalue weighted by Crippen LogP contribution is -2.34. The van der Waals surface area contributed by atoms with Gasteiger partial charge >= 0.3 is 11.9 Å². The Kier molecular flexibility index (Phi) is 4.10. The van der Waals surface area contributed by atoms with E-state index in [1.54, 1.807) is 0 Å². The zero-order valence-corrected chi connectivity index (χ0v) is 10.8. The zero-order chi connectivity index (χ0) is 15.6. The van der Waals surface area contributed by atoms with Crippen LogP contribution in [0.4, 0.5) is 24.5 Å². The monoisotopic (exact) mass is 303 g/mol. The molecule has 0 amide bonds. The largest absolute Gasteiger partial charge is 0.433 e. The van der Waals surface area contributed by atoms with E-state index >= 15 is 0 Å². The van der Waals surface area contributed by atoms with Gasteiger partial charge in [0, 0.05) is 19.0 Å². The van der Waals surface area contributed by atoms with Gasteiger partial charge in [0.25, 0.3) is 0 Å². The Morgan fingerprint density at radius 2 is 2.00 bits per heavy atom. The van der Waals surface area contributed by atoms with Crippen LogP contribution in [0, 0.1) is 16.0 Å². The van der Waals surface area contributed by atoms with Crippen molar-refractivity contribution < 1.29 is 22.9 Å². The number of hydrogen-bond donors (Lipinski definition) is 0. The fourth-order valence-corrected chi connectivity index (χ4v) is 2.26. The highest BCUT2D eigenvalue weighted by atomic mass is 19.4. The Hall–Kier alpha value is -2.19. The van der Waals surface area contributed by atoms with Crippen molar-refractivity contribution >= 4 is 17.7 Å². The molecule has 0 unspecified atom stereocenters. The first-order valence-corrected chi connectivity index (χ1v) is 6.25. The Morgan fingerprint density at radius 3 is 2.48 bits per heavy atom. The number of aromatic nitrogens is 1. The molecule has 1 aromatic heterocycles. The molecule has 114 valence electrons. The molecule has 21 heavy (non-hydrogen) atoms. The van der Waals surface area contributed by atoms with Gasteiger partial charge in [0.05, 0.1) is 4.92 Å². The Morgan fingerprint density at radius 1 is 1.38 bits per heavy atom. The summed E-state index contributed by atoms with van der Waals surface area (Å²) in [5, 5.41) is 10.9. The molecule has 1 aliphatic rings. The molecule has 0 aliphatic carbocycles. The molecule has 1 fully saturated rings. The second-order valence-corrected chi connectivity index (χ2v) is 4.77. The van der Waals surface area contributed by atoms with Gasteiger partial charge in [0.1, 0.15) is 23.9 Å². The van der Waals surface area contributed by atoms with Crippen molar-refractivity contribution in [2.45, 2.75) is 19.0 Å². The van der Waals surface area contributed by atoms with Gasteiger partial charge in [-0.3, -0.25) is 10.1 Å². The lowest BCUT2D eigenvalue weighted by atomic mass is 9.98. The fraction of sp³-hybridized carbons (Fsp3) is 0.500. The summed E-state index contributed by atoms with van der Waals surface area (Å²) in [6, 6.07) is 0.694. The Balaban J connectivity index is 2.35. The summed E-state index contributed by atoms with van der Waals surface area (Å²) in [5.41, 5.74) is -1.74. The number of carbonyl (C=O) groups is 1.